The largest absolute Gasteiger partial charge is 0.390 e. The molecule has 8 heteroatoms. The molecule has 0 radical (unpaired) electrons. The second kappa shape index (κ2) is 4.77. The van der Waals surface area contributed by atoms with Gasteiger partial charge in [0.05, 0.1) is 6.42 Å². The maximum Gasteiger partial charge on any atom is 0.390 e. The SMILES string of the molecule is C[C@]1(c2cccnc2)NC(=O)N(CCC(F)(F)F)C1=O. The zero-order chi connectivity index (χ0) is 15.0. The number of hydrogen-bond donors (Lipinski definition) is 1. The van der Waals surface area contributed by atoms with E-state index in [0.717, 1.165) is 0 Å². The van der Waals surface area contributed by atoms with Crippen molar-refractivity contribution in [1.29, 1.82) is 0 Å². The first-order valence-electron chi connectivity index (χ1n) is 5.85. The van der Waals surface area contributed by atoms with Gasteiger partial charge >= 0.3 is 12.2 Å². The van der Waals surface area contributed by atoms with E-state index in [4.69, 9.17) is 0 Å². The Labute approximate surface area is 112 Å². The molecule has 2 rings (SSSR count). The summed E-state index contributed by atoms with van der Waals surface area (Å²) >= 11 is 0. The Bertz CT molecular complexity index is 532. The average Bonchev–Trinajstić information content (AvgIpc) is 2.59. The highest BCUT2D eigenvalue weighted by Crippen LogP contribution is 2.29. The molecule has 0 unspecified atom stereocenters. The third-order valence-electron chi connectivity index (χ3n) is 3.13. The van der Waals surface area contributed by atoms with Crippen LogP contribution in [0.4, 0.5) is 18.0 Å². The zero-order valence-corrected chi connectivity index (χ0v) is 10.6. The van der Waals surface area contributed by atoms with Crippen LogP contribution in [-0.2, 0) is 10.3 Å². The second-order valence-electron chi connectivity index (χ2n) is 4.62. The summed E-state index contributed by atoms with van der Waals surface area (Å²) in [6.07, 6.45) is -2.76. The summed E-state index contributed by atoms with van der Waals surface area (Å²) < 4.78 is 36.6. The number of nitrogens with one attached hydrogen (secondary N) is 1. The van der Waals surface area contributed by atoms with Crippen LogP contribution < -0.4 is 5.32 Å². The molecule has 1 aromatic heterocycles. The minimum atomic E-state index is -4.42. The first kappa shape index (κ1) is 14.3. The van der Waals surface area contributed by atoms with E-state index >= 15 is 0 Å². The van der Waals surface area contributed by atoms with Crippen molar-refractivity contribution in [1.82, 2.24) is 15.2 Å². The quantitative estimate of drug-likeness (QED) is 0.862. The maximum atomic E-state index is 12.2. The van der Waals surface area contributed by atoms with Crippen molar-refractivity contribution in [3.8, 4) is 0 Å². The number of alkyl halides is 3. The topological polar surface area (TPSA) is 62.3 Å². The molecule has 3 amide bonds. The van der Waals surface area contributed by atoms with Crippen molar-refractivity contribution >= 4 is 11.9 Å². The second-order valence-corrected chi connectivity index (χ2v) is 4.62. The van der Waals surface area contributed by atoms with Gasteiger partial charge in [0.15, 0.2) is 0 Å². The Balaban J connectivity index is 2.20. The van der Waals surface area contributed by atoms with Crippen LogP contribution in [-0.4, -0.2) is 34.5 Å². The number of nitrogens with zero attached hydrogens (tertiary/aromatic N) is 2. The fraction of sp³-hybridized carbons (Fsp3) is 0.417. The van der Waals surface area contributed by atoms with Crippen molar-refractivity contribution in [2.45, 2.75) is 25.1 Å². The molecule has 0 aliphatic carbocycles. The lowest BCUT2D eigenvalue weighted by Crippen LogP contribution is -2.41. The number of rotatable bonds is 3. The molecule has 1 aromatic rings. The van der Waals surface area contributed by atoms with Gasteiger partial charge in [-0.1, -0.05) is 6.07 Å². The van der Waals surface area contributed by atoms with E-state index in [0.29, 0.717) is 10.5 Å². The highest BCUT2D eigenvalue weighted by molar-refractivity contribution is 6.07. The van der Waals surface area contributed by atoms with Gasteiger partial charge in [-0.25, -0.2) is 4.79 Å². The Morgan fingerprint density at radius 2 is 2.10 bits per heavy atom. The molecule has 1 N–H and O–H groups in total. The van der Waals surface area contributed by atoms with Gasteiger partial charge in [-0.15, -0.1) is 0 Å². The molecule has 2 heterocycles. The molecule has 1 atom stereocenters. The number of carbonyl (C=O) groups is 2. The van der Waals surface area contributed by atoms with Crippen molar-refractivity contribution in [3.05, 3.63) is 30.1 Å². The van der Waals surface area contributed by atoms with Gasteiger partial charge < -0.3 is 5.32 Å². The van der Waals surface area contributed by atoms with E-state index in [1.807, 2.05) is 0 Å². The minimum Gasteiger partial charge on any atom is -0.319 e. The Morgan fingerprint density at radius 1 is 1.40 bits per heavy atom. The molecule has 1 fully saturated rings. The standard InChI is InChI=1S/C12H12F3N3O2/c1-11(8-3-2-5-16-7-8)9(19)18(10(20)17-11)6-4-12(13,14)15/h2-3,5,7H,4,6H2,1H3,(H,17,20)/t11-/m1/s1. The fourth-order valence-corrected chi connectivity index (χ4v) is 1.99. The molecule has 20 heavy (non-hydrogen) atoms. The van der Waals surface area contributed by atoms with Crippen LogP contribution in [0.5, 0.6) is 0 Å². The molecule has 108 valence electrons. The van der Waals surface area contributed by atoms with E-state index < -0.39 is 36.6 Å². The molecular formula is C12H12F3N3O2. The first-order chi connectivity index (χ1) is 9.24. The van der Waals surface area contributed by atoms with E-state index in [1.165, 1.54) is 19.3 Å². The normalized spacial score (nSPS) is 23.1. The molecule has 0 saturated carbocycles. The lowest BCUT2D eigenvalue weighted by atomic mass is 9.93. The molecule has 0 bridgehead atoms. The highest BCUT2D eigenvalue weighted by Gasteiger charge is 2.49. The number of halogens is 3. The number of pyridine rings is 1. The lowest BCUT2D eigenvalue weighted by molar-refractivity contribution is -0.142. The van der Waals surface area contributed by atoms with Crippen LogP contribution in [0.25, 0.3) is 0 Å². The molecule has 1 aliphatic heterocycles. The zero-order valence-electron chi connectivity index (χ0n) is 10.6. The van der Waals surface area contributed by atoms with Gasteiger partial charge in [-0.3, -0.25) is 14.7 Å². The van der Waals surface area contributed by atoms with Crippen molar-refractivity contribution in [2.75, 3.05) is 6.54 Å². The van der Waals surface area contributed by atoms with Crippen LogP contribution in [0, 0.1) is 0 Å². The Morgan fingerprint density at radius 3 is 2.65 bits per heavy atom. The molecular weight excluding hydrogens is 275 g/mol. The summed E-state index contributed by atoms with van der Waals surface area (Å²) in [5.41, 5.74) is -0.954. The van der Waals surface area contributed by atoms with Gasteiger partial charge in [0.1, 0.15) is 5.54 Å². The van der Waals surface area contributed by atoms with Crippen molar-refractivity contribution < 1.29 is 22.8 Å². The Hall–Kier alpha value is -2.12. The van der Waals surface area contributed by atoms with Gasteiger partial charge in [0.25, 0.3) is 5.91 Å². The summed E-state index contributed by atoms with van der Waals surface area (Å²) in [6, 6.07) is 2.34. The summed E-state index contributed by atoms with van der Waals surface area (Å²) in [6.45, 7) is 0.752. The van der Waals surface area contributed by atoms with Crippen LogP contribution in [0.3, 0.4) is 0 Å². The number of amides is 3. The van der Waals surface area contributed by atoms with Crippen molar-refractivity contribution in [3.63, 3.8) is 0 Å². The number of carbonyl (C=O) groups excluding carboxylic acids is 2. The number of hydrogen-bond acceptors (Lipinski definition) is 3. The van der Waals surface area contributed by atoms with E-state index in [1.54, 1.807) is 12.1 Å². The van der Waals surface area contributed by atoms with E-state index in [9.17, 15) is 22.8 Å². The van der Waals surface area contributed by atoms with Gasteiger partial charge in [0, 0.05) is 24.5 Å². The van der Waals surface area contributed by atoms with Gasteiger partial charge in [-0.2, -0.15) is 13.2 Å². The predicted molar refractivity (Wildman–Crippen MR) is 62.5 cm³/mol. The molecule has 5 nitrogen and oxygen atoms in total. The molecule has 1 saturated heterocycles. The predicted octanol–water partition coefficient (Wildman–Crippen LogP) is 1.80. The van der Waals surface area contributed by atoms with Crippen molar-refractivity contribution in [2.24, 2.45) is 0 Å². The molecule has 0 aromatic carbocycles. The van der Waals surface area contributed by atoms with Gasteiger partial charge in [0.2, 0.25) is 0 Å². The molecule has 0 spiro atoms. The number of urea groups is 1. The highest BCUT2D eigenvalue weighted by atomic mass is 19.4. The number of imide groups is 1. The monoisotopic (exact) mass is 287 g/mol. The third kappa shape index (κ3) is 2.59. The van der Waals surface area contributed by atoms with Crippen LogP contribution in [0.15, 0.2) is 24.5 Å². The smallest absolute Gasteiger partial charge is 0.319 e. The van der Waals surface area contributed by atoms with E-state index in [-0.39, 0.29) is 0 Å². The average molecular weight is 287 g/mol. The van der Waals surface area contributed by atoms with Crippen LogP contribution in [0.2, 0.25) is 0 Å². The lowest BCUT2D eigenvalue weighted by Gasteiger charge is -2.21. The maximum absolute atomic E-state index is 12.2. The van der Waals surface area contributed by atoms with Crippen LogP contribution >= 0.6 is 0 Å². The summed E-state index contributed by atoms with van der Waals surface area (Å²) in [5, 5.41) is 2.41. The molecule has 1 aliphatic rings. The van der Waals surface area contributed by atoms with Gasteiger partial charge in [-0.05, 0) is 13.0 Å². The third-order valence-corrected chi connectivity index (χ3v) is 3.13. The first-order valence-corrected chi connectivity index (χ1v) is 5.85. The fourth-order valence-electron chi connectivity index (χ4n) is 1.99. The van der Waals surface area contributed by atoms with Crippen LogP contribution in [0.1, 0.15) is 18.9 Å². The summed E-state index contributed by atoms with van der Waals surface area (Å²) in [4.78, 5) is 28.3. The summed E-state index contributed by atoms with van der Waals surface area (Å²) in [7, 11) is 0. The Kier molecular flexibility index (Phi) is 3.41. The summed E-state index contributed by atoms with van der Waals surface area (Å²) in [5.74, 6) is -0.709. The number of aromatic nitrogens is 1. The van der Waals surface area contributed by atoms with E-state index in [2.05, 4.69) is 10.3 Å². The minimum absolute atomic E-state index is 0.424.